The number of nitrogens with one attached hydrogen (secondary N) is 1. The molecular weight excluding hydrogens is 328 g/mol. The molecule has 0 radical (unpaired) electrons. The summed E-state index contributed by atoms with van der Waals surface area (Å²) in [5, 5.41) is 21.1. The summed E-state index contributed by atoms with van der Waals surface area (Å²) < 4.78 is 4.97. The summed E-state index contributed by atoms with van der Waals surface area (Å²) >= 11 is 0. The number of aliphatic imine (C=N–C) groups is 1. The molecule has 0 aliphatic carbocycles. The zero-order valence-corrected chi connectivity index (χ0v) is 13.8. The molecule has 9 heteroatoms. The minimum absolute atomic E-state index is 0.0178. The topological polar surface area (TPSA) is 160 Å². The fourth-order valence-electron chi connectivity index (χ4n) is 1.95. The number of carbonyl (C=O) groups excluding carboxylic acids is 1. The van der Waals surface area contributed by atoms with Crippen LogP contribution in [0.5, 0.6) is 11.5 Å². The summed E-state index contributed by atoms with van der Waals surface area (Å²) in [5.74, 6) is -1.51. The van der Waals surface area contributed by atoms with Crippen LogP contribution in [0.4, 0.5) is 0 Å². The van der Waals surface area contributed by atoms with Crippen molar-refractivity contribution in [3.05, 3.63) is 29.8 Å². The van der Waals surface area contributed by atoms with Gasteiger partial charge < -0.3 is 31.7 Å². The van der Waals surface area contributed by atoms with Crippen LogP contribution < -0.4 is 21.5 Å². The minimum atomic E-state index is -1.14. The highest BCUT2D eigenvalue weighted by Gasteiger charge is 2.18. The van der Waals surface area contributed by atoms with E-state index in [2.05, 4.69) is 10.3 Å². The molecule has 1 aromatic carbocycles. The quantitative estimate of drug-likeness (QED) is 0.182. The number of ether oxygens (including phenoxy) is 1. The third kappa shape index (κ3) is 7.25. The van der Waals surface area contributed by atoms with Gasteiger partial charge in [-0.25, -0.2) is 4.79 Å². The number of nitrogens with two attached hydrogens (primary N) is 2. The van der Waals surface area contributed by atoms with E-state index in [1.165, 1.54) is 25.3 Å². The Kier molecular flexibility index (Phi) is 7.77. The summed E-state index contributed by atoms with van der Waals surface area (Å²) in [7, 11) is 1.41. The average molecular weight is 350 g/mol. The highest BCUT2D eigenvalue weighted by atomic mass is 16.5. The Morgan fingerprint density at radius 1 is 1.40 bits per heavy atom. The number of carboxylic acid groups (broad SMARTS) is 1. The molecule has 136 valence electrons. The number of rotatable bonds is 9. The summed E-state index contributed by atoms with van der Waals surface area (Å²) in [4.78, 5) is 26.8. The van der Waals surface area contributed by atoms with Crippen LogP contribution in [0.1, 0.15) is 18.4 Å². The van der Waals surface area contributed by atoms with Gasteiger partial charge in [0.05, 0.1) is 7.11 Å². The van der Waals surface area contributed by atoms with E-state index in [-0.39, 0.29) is 30.4 Å². The van der Waals surface area contributed by atoms with Crippen LogP contribution in [-0.2, 0) is 9.59 Å². The van der Waals surface area contributed by atoms with E-state index in [0.29, 0.717) is 12.0 Å². The maximum atomic E-state index is 11.9. The Balaban J connectivity index is 2.62. The Morgan fingerprint density at radius 2 is 2.12 bits per heavy atom. The number of methoxy groups -OCH3 is 1. The number of aliphatic carboxylic acids is 1. The standard InChI is InChI=1S/C16H22N4O5/c1-25-13-9-10(4-6-12(13)21)5-7-14(22)20-11(15(23)24)3-2-8-19-16(17)18/h4-7,9,11,21H,2-3,8H2,1H3,(H,20,22)(H,23,24)(H4,17,18,19)/b7-5+/t11-/m1/s1. The average Bonchev–Trinajstić information content (AvgIpc) is 2.56. The number of amides is 1. The maximum Gasteiger partial charge on any atom is 0.326 e. The van der Waals surface area contributed by atoms with Gasteiger partial charge in [0, 0.05) is 12.6 Å². The highest BCUT2D eigenvalue weighted by molar-refractivity contribution is 5.94. The number of benzene rings is 1. The van der Waals surface area contributed by atoms with E-state index in [4.69, 9.17) is 21.3 Å². The molecule has 1 rings (SSSR count). The van der Waals surface area contributed by atoms with E-state index >= 15 is 0 Å². The third-order valence-electron chi connectivity index (χ3n) is 3.19. The number of guanidine groups is 1. The first kappa shape index (κ1) is 19.8. The maximum absolute atomic E-state index is 11.9. The number of phenols is 1. The van der Waals surface area contributed by atoms with Crippen LogP contribution in [0.15, 0.2) is 29.3 Å². The molecule has 1 atom stereocenters. The van der Waals surface area contributed by atoms with E-state index in [1.54, 1.807) is 12.1 Å². The Hall–Kier alpha value is -3.23. The molecule has 0 aromatic heterocycles. The number of phenolic OH excluding ortho intramolecular Hbond substituents is 1. The molecule has 0 unspecified atom stereocenters. The lowest BCUT2D eigenvalue weighted by Gasteiger charge is -2.12. The number of aromatic hydroxyl groups is 1. The molecule has 1 aromatic rings. The first-order valence-corrected chi connectivity index (χ1v) is 7.47. The van der Waals surface area contributed by atoms with Crippen LogP contribution >= 0.6 is 0 Å². The van der Waals surface area contributed by atoms with Crippen molar-refractivity contribution in [3.8, 4) is 11.5 Å². The molecule has 0 bridgehead atoms. The van der Waals surface area contributed by atoms with Crippen LogP contribution in [0, 0.1) is 0 Å². The number of carboxylic acids is 1. The van der Waals surface area contributed by atoms with Gasteiger partial charge in [-0.05, 0) is 36.6 Å². The minimum Gasteiger partial charge on any atom is -0.504 e. The summed E-state index contributed by atoms with van der Waals surface area (Å²) in [5.41, 5.74) is 11.0. The second kappa shape index (κ2) is 9.81. The molecule has 25 heavy (non-hydrogen) atoms. The second-order valence-electron chi connectivity index (χ2n) is 5.11. The van der Waals surface area contributed by atoms with Crippen LogP contribution in [0.3, 0.4) is 0 Å². The number of carbonyl (C=O) groups is 2. The van der Waals surface area contributed by atoms with Crippen LogP contribution in [0.2, 0.25) is 0 Å². The van der Waals surface area contributed by atoms with E-state index in [9.17, 15) is 14.7 Å². The molecule has 0 saturated heterocycles. The smallest absolute Gasteiger partial charge is 0.326 e. The SMILES string of the molecule is COc1cc(/C=C/C(=O)N[C@H](CCCN=C(N)N)C(=O)O)ccc1O. The van der Waals surface area contributed by atoms with Gasteiger partial charge >= 0.3 is 5.97 Å². The van der Waals surface area contributed by atoms with Crippen molar-refractivity contribution in [3.63, 3.8) is 0 Å². The van der Waals surface area contributed by atoms with Gasteiger partial charge in [0.2, 0.25) is 5.91 Å². The molecule has 0 heterocycles. The lowest BCUT2D eigenvalue weighted by atomic mass is 10.1. The van der Waals surface area contributed by atoms with Crippen molar-refractivity contribution in [2.45, 2.75) is 18.9 Å². The zero-order chi connectivity index (χ0) is 18.8. The highest BCUT2D eigenvalue weighted by Crippen LogP contribution is 2.26. The molecule has 7 N–H and O–H groups in total. The Bertz CT molecular complexity index is 668. The lowest BCUT2D eigenvalue weighted by Crippen LogP contribution is -2.40. The van der Waals surface area contributed by atoms with Crippen molar-refractivity contribution in [1.29, 1.82) is 0 Å². The monoisotopic (exact) mass is 350 g/mol. The molecule has 0 aliphatic rings. The first-order valence-electron chi connectivity index (χ1n) is 7.47. The van der Waals surface area contributed by atoms with Gasteiger partial charge in [0.1, 0.15) is 6.04 Å². The molecule has 1 amide bonds. The largest absolute Gasteiger partial charge is 0.504 e. The predicted molar refractivity (Wildman–Crippen MR) is 93.2 cm³/mol. The number of hydrogen-bond donors (Lipinski definition) is 5. The Morgan fingerprint density at radius 3 is 2.72 bits per heavy atom. The number of nitrogens with zero attached hydrogens (tertiary/aromatic N) is 1. The van der Waals surface area contributed by atoms with E-state index in [0.717, 1.165) is 0 Å². The summed E-state index contributed by atoms with van der Waals surface area (Å²) in [6.45, 7) is 0.283. The first-order chi connectivity index (χ1) is 11.8. The fourth-order valence-corrected chi connectivity index (χ4v) is 1.95. The molecule has 0 spiro atoms. The van der Waals surface area contributed by atoms with Gasteiger partial charge in [0.15, 0.2) is 17.5 Å². The van der Waals surface area contributed by atoms with Crippen molar-refractivity contribution in [2.75, 3.05) is 13.7 Å². The third-order valence-corrected chi connectivity index (χ3v) is 3.19. The predicted octanol–water partition coefficient (Wildman–Crippen LogP) is 0.0370. The van der Waals surface area contributed by atoms with Crippen molar-refractivity contribution < 1.29 is 24.5 Å². The molecular formula is C16H22N4O5. The van der Waals surface area contributed by atoms with Gasteiger partial charge in [-0.15, -0.1) is 0 Å². The van der Waals surface area contributed by atoms with Gasteiger partial charge in [-0.1, -0.05) is 6.07 Å². The number of hydrogen-bond acceptors (Lipinski definition) is 5. The molecule has 9 nitrogen and oxygen atoms in total. The molecule has 0 saturated carbocycles. The molecule has 0 fully saturated rings. The molecule has 0 aliphatic heterocycles. The fraction of sp³-hybridized carbons (Fsp3) is 0.312. The second-order valence-corrected chi connectivity index (χ2v) is 5.11. The van der Waals surface area contributed by atoms with Crippen LogP contribution in [0.25, 0.3) is 6.08 Å². The summed E-state index contributed by atoms with van der Waals surface area (Å²) in [6.07, 6.45) is 3.29. The van der Waals surface area contributed by atoms with Gasteiger partial charge in [-0.2, -0.15) is 0 Å². The van der Waals surface area contributed by atoms with Gasteiger partial charge in [-0.3, -0.25) is 9.79 Å². The normalized spacial score (nSPS) is 11.7. The summed E-state index contributed by atoms with van der Waals surface area (Å²) in [6, 6.07) is 3.52. The van der Waals surface area contributed by atoms with Gasteiger partial charge in [0.25, 0.3) is 0 Å². The van der Waals surface area contributed by atoms with Crippen molar-refractivity contribution >= 4 is 23.9 Å². The lowest BCUT2D eigenvalue weighted by molar-refractivity contribution is -0.141. The zero-order valence-electron chi connectivity index (χ0n) is 13.8. The van der Waals surface area contributed by atoms with E-state index < -0.39 is 17.9 Å². The van der Waals surface area contributed by atoms with E-state index in [1.807, 2.05) is 0 Å². The Labute approximate surface area is 145 Å². The van der Waals surface area contributed by atoms with Crippen molar-refractivity contribution in [2.24, 2.45) is 16.5 Å². The van der Waals surface area contributed by atoms with Crippen LogP contribution in [-0.4, -0.2) is 47.7 Å². The van der Waals surface area contributed by atoms with Crippen molar-refractivity contribution in [1.82, 2.24) is 5.32 Å².